The molecule has 0 aliphatic rings. The predicted molar refractivity (Wildman–Crippen MR) is 90.4 cm³/mol. The van der Waals surface area contributed by atoms with Crippen molar-refractivity contribution in [1.29, 1.82) is 0 Å². The zero-order valence-electron chi connectivity index (χ0n) is 13.7. The molecule has 2 aromatic carbocycles. The number of carbonyl (C=O) groups is 1. The average Bonchev–Trinajstić information content (AvgIpc) is 3.16. The largest absolute Gasteiger partial charge is 0.335 e. The highest BCUT2D eigenvalue weighted by Gasteiger charge is 2.21. The van der Waals surface area contributed by atoms with Crippen LogP contribution in [0.3, 0.4) is 0 Å². The van der Waals surface area contributed by atoms with Crippen molar-refractivity contribution in [2.45, 2.75) is 25.7 Å². The lowest BCUT2D eigenvalue weighted by Crippen LogP contribution is -2.24. The molecule has 25 heavy (non-hydrogen) atoms. The van der Waals surface area contributed by atoms with E-state index in [1.165, 1.54) is 29.8 Å². The number of halogens is 1. The maximum absolute atomic E-state index is 13.0. The van der Waals surface area contributed by atoms with Crippen LogP contribution in [-0.4, -0.2) is 21.4 Å². The second-order valence-electron chi connectivity index (χ2n) is 5.66. The number of nitrogens with one attached hydrogen (secondary N) is 1. The lowest BCUT2D eigenvalue weighted by atomic mass is 9.96. The first kappa shape index (κ1) is 16.8. The van der Waals surface area contributed by atoms with Gasteiger partial charge in [0.2, 0.25) is 5.91 Å². The number of anilines is 1. The highest BCUT2D eigenvalue weighted by atomic mass is 19.1. The summed E-state index contributed by atoms with van der Waals surface area (Å²) in [6.45, 7) is 2.09. The molecule has 0 aliphatic carbocycles. The molecule has 1 aromatic heterocycles. The van der Waals surface area contributed by atoms with Crippen LogP contribution < -0.4 is 10.4 Å². The van der Waals surface area contributed by atoms with Crippen LogP contribution in [-0.2, 0) is 17.6 Å². The number of nitrogens with zero attached hydrogens (tertiary/aromatic N) is 4. The fourth-order valence-corrected chi connectivity index (χ4v) is 2.50. The van der Waals surface area contributed by atoms with Gasteiger partial charge in [0.15, 0.2) is 0 Å². The third-order valence-electron chi connectivity index (χ3n) is 3.95. The van der Waals surface area contributed by atoms with E-state index in [9.17, 15) is 9.18 Å². The minimum absolute atomic E-state index is 0.263. The van der Waals surface area contributed by atoms with Gasteiger partial charge in [0, 0.05) is 11.5 Å². The van der Waals surface area contributed by atoms with Crippen molar-refractivity contribution < 1.29 is 9.18 Å². The van der Waals surface area contributed by atoms with Gasteiger partial charge < -0.3 is 10.4 Å². The van der Waals surface area contributed by atoms with Gasteiger partial charge in [-0.3, -0.25) is 15.1 Å². The highest BCUT2D eigenvalue weighted by molar-refractivity contribution is 5.95. The summed E-state index contributed by atoms with van der Waals surface area (Å²) < 4.78 is 13.0. The van der Waals surface area contributed by atoms with Crippen molar-refractivity contribution in [1.82, 2.24) is 20.6 Å². The lowest BCUT2D eigenvalue weighted by Gasteiger charge is -2.17. The molecule has 0 bridgehead atoms. The van der Waals surface area contributed by atoms with Crippen LogP contribution in [0.25, 0.3) is 0 Å². The SMILES string of the molecule is CCc1ccc(C[C@H](C(=O)Nc2ccc(F)cc2)c2nnn[n-]2)cc1. The first-order valence-electron chi connectivity index (χ1n) is 7.98. The van der Waals surface area contributed by atoms with Gasteiger partial charge in [0.25, 0.3) is 0 Å². The number of tetrazole rings is 1. The molecule has 7 heteroatoms. The minimum Gasteiger partial charge on any atom is -0.335 e. The number of hydrogen-bond donors (Lipinski definition) is 1. The Morgan fingerprint density at radius 1 is 1.12 bits per heavy atom. The third-order valence-corrected chi connectivity index (χ3v) is 3.95. The van der Waals surface area contributed by atoms with Gasteiger partial charge in [0.1, 0.15) is 5.82 Å². The quantitative estimate of drug-likeness (QED) is 0.747. The molecule has 1 heterocycles. The fourth-order valence-electron chi connectivity index (χ4n) is 2.50. The third kappa shape index (κ3) is 4.26. The van der Waals surface area contributed by atoms with Crippen molar-refractivity contribution in [2.75, 3.05) is 5.32 Å². The standard InChI is InChI=1S/C18H18FN5O/c1-2-12-3-5-13(6-4-12)11-16(17-21-23-24-22-17)18(25)20-15-9-7-14(19)8-10-15/h3-10,16H,2,11H2,1H3,(H2,20,21,22,23,24,25)/p-1/t16-/m0/s1. The Hall–Kier alpha value is -3.09. The summed E-state index contributed by atoms with van der Waals surface area (Å²) in [4.78, 5) is 12.7. The first-order valence-corrected chi connectivity index (χ1v) is 7.98. The van der Waals surface area contributed by atoms with Gasteiger partial charge in [-0.25, -0.2) is 4.39 Å². The van der Waals surface area contributed by atoms with Crippen LogP contribution >= 0.6 is 0 Å². The molecule has 1 atom stereocenters. The molecule has 0 saturated heterocycles. The van der Waals surface area contributed by atoms with Crippen molar-refractivity contribution in [3.8, 4) is 0 Å². The second-order valence-corrected chi connectivity index (χ2v) is 5.66. The summed E-state index contributed by atoms with van der Waals surface area (Å²) in [5, 5.41) is 17.4. The molecule has 3 aromatic rings. The minimum atomic E-state index is -0.632. The summed E-state index contributed by atoms with van der Waals surface area (Å²) in [6, 6.07) is 13.6. The highest BCUT2D eigenvalue weighted by Crippen LogP contribution is 2.20. The first-order chi connectivity index (χ1) is 12.2. The number of rotatable bonds is 6. The van der Waals surface area contributed by atoms with Gasteiger partial charge in [0.05, 0.1) is 5.92 Å². The molecule has 0 spiro atoms. The van der Waals surface area contributed by atoms with Crippen LogP contribution in [0, 0.1) is 5.82 Å². The summed E-state index contributed by atoms with van der Waals surface area (Å²) in [5.74, 6) is -1.02. The van der Waals surface area contributed by atoms with Gasteiger partial charge in [-0.2, -0.15) is 5.21 Å². The number of amides is 1. The molecule has 0 unspecified atom stereocenters. The molecule has 1 N–H and O–H groups in total. The normalized spacial score (nSPS) is 11.9. The van der Waals surface area contributed by atoms with E-state index >= 15 is 0 Å². The fraction of sp³-hybridized carbons (Fsp3) is 0.222. The van der Waals surface area contributed by atoms with Gasteiger partial charge in [-0.05, 0) is 48.2 Å². The smallest absolute Gasteiger partial charge is 0.232 e. The Balaban J connectivity index is 1.79. The number of benzene rings is 2. The van der Waals surface area contributed by atoms with Crippen molar-refractivity contribution >= 4 is 11.6 Å². The molecule has 128 valence electrons. The Morgan fingerprint density at radius 3 is 2.40 bits per heavy atom. The summed E-state index contributed by atoms with van der Waals surface area (Å²) in [5.41, 5.74) is 2.72. The van der Waals surface area contributed by atoms with Crippen molar-refractivity contribution in [3.63, 3.8) is 0 Å². The molecule has 6 nitrogen and oxygen atoms in total. The van der Waals surface area contributed by atoms with Crippen LogP contribution in [0.5, 0.6) is 0 Å². The van der Waals surface area contributed by atoms with E-state index in [2.05, 4.69) is 32.9 Å². The number of carbonyl (C=O) groups excluding carboxylic acids is 1. The van der Waals surface area contributed by atoms with Crippen LogP contribution in [0.2, 0.25) is 0 Å². The number of hydrogen-bond acceptors (Lipinski definition) is 4. The zero-order valence-corrected chi connectivity index (χ0v) is 13.7. The summed E-state index contributed by atoms with van der Waals surface area (Å²) in [7, 11) is 0. The summed E-state index contributed by atoms with van der Waals surface area (Å²) >= 11 is 0. The molecule has 0 saturated carbocycles. The van der Waals surface area contributed by atoms with E-state index in [0.717, 1.165) is 12.0 Å². The monoisotopic (exact) mass is 338 g/mol. The van der Waals surface area contributed by atoms with Crippen LogP contribution in [0.15, 0.2) is 48.5 Å². The van der Waals surface area contributed by atoms with Gasteiger partial charge in [-0.1, -0.05) is 31.2 Å². The van der Waals surface area contributed by atoms with Gasteiger partial charge in [-0.15, -0.1) is 0 Å². The molecular formula is C18H17FN5O-. The van der Waals surface area contributed by atoms with E-state index in [0.29, 0.717) is 12.1 Å². The maximum atomic E-state index is 13.0. The van der Waals surface area contributed by atoms with Crippen LogP contribution in [0.4, 0.5) is 10.1 Å². The Morgan fingerprint density at radius 2 is 1.80 bits per heavy atom. The summed E-state index contributed by atoms with van der Waals surface area (Å²) in [6.07, 6.45) is 1.37. The van der Waals surface area contributed by atoms with Crippen molar-refractivity contribution in [3.05, 3.63) is 71.3 Å². The van der Waals surface area contributed by atoms with E-state index < -0.39 is 5.92 Å². The predicted octanol–water partition coefficient (Wildman–Crippen LogP) is 2.50. The maximum Gasteiger partial charge on any atom is 0.232 e. The van der Waals surface area contributed by atoms with E-state index in [4.69, 9.17) is 0 Å². The van der Waals surface area contributed by atoms with Gasteiger partial charge >= 0.3 is 0 Å². The Bertz CT molecular complexity index is 816. The molecule has 0 radical (unpaired) electrons. The molecule has 3 rings (SSSR count). The van der Waals surface area contributed by atoms with E-state index in [-0.39, 0.29) is 17.5 Å². The van der Waals surface area contributed by atoms with E-state index in [1.807, 2.05) is 24.3 Å². The molecule has 1 amide bonds. The zero-order chi connectivity index (χ0) is 17.6. The molecular weight excluding hydrogens is 321 g/mol. The van der Waals surface area contributed by atoms with E-state index in [1.54, 1.807) is 0 Å². The Kier molecular flexibility index (Phi) is 5.13. The Labute approximate surface area is 144 Å². The molecule has 0 fully saturated rings. The lowest BCUT2D eigenvalue weighted by molar-refractivity contribution is -0.117. The molecule has 0 aliphatic heterocycles. The van der Waals surface area contributed by atoms with Crippen LogP contribution in [0.1, 0.15) is 29.8 Å². The second kappa shape index (κ2) is 7.65. The van der Waals surface area contributed by atoms with Crippen molar-refractivity contribution in [2.24, 2.45) is 0 Å². The number of aryl methyl sites for hydroxylation is 1. The number of aromatic nitrogens is 4. The average molecular weight is 338 g/mol. The topological polar surface area (TPSA) is 81.9 Å².